The first-order valence-corrected chi connectivity index (χ1v) is 9.43. The maximum absolute atomic E-state index is 10.7. The number of benzene rings is 1. The minimum atomic E-state index is -1.06. The molecule has 28 heavy (non-hydrogen) atoms. The lowest BCUT2D eigenvalue weighted by Gasteiger charge is -2.23. The van der Waals surface area contributed by atoms with Gasteiger partial charge in [-0.3, -0.25) is 4.68 Å². The molecule has 0 aliphatic heterocycles. The van der Waals surface area contributed by atoms with Gasteiger partial charge in [0.25, 0.3) is 0 Å². The van der Waals surface area contributed by atoms with Gasteiger partial charge in [0.1, 0.15) is 5.60 Å². The zero-order valence-corrected chi connectivity index (χ0v) is 17.3. The van der Waals surface area contributed by atoms with Crippen molar-refractivity contribution in [1.29, 1.82) is 0 Å². The molecular formula is C20H31N5O3. The van der Waals surface area contributed by atoms with Gasteiger partial charge in [-0.2, -0.15) is 5.10 Å². The van der Waals surface area contributed by atoms with Crippen LogP contribution >= 0.6 is 0 Å². The van der Waals surface area contributed by atoms with Gasteiger partial charge in [-0.1, -0.05) is 6.07 Å². The van der Waals surface area contributed by atoms with Crippen LogP contribution < -0.4 is 20.1 Å². The second-order valence-corrected chi connectivity index (χ2v) is 6.64. The van der Waals surface area contributed by atoms with Gasteiger partial charge in [-0.25, -0.2) is 4.99 Å². The topological polar surface area (TPSA) is 92.9 Å². The van der Waals surface area contributed by atoms with Gasteiger partial charge in [0, 0.05) is 25.4 Å². The van der Waals surface area contributed by atoms with Gasteiger partial charge in [-0.15, -0.1) is 0 Å². The predicted molar refractivity (Wildman–Crippen MR) is 110 cm³/mol. The average Bonchev–Trinajstić information content (AvgIpc) is 3.12. The Kier molecular flexibility index (Phi) is 7.69. The second-order valence-electron chi connectivity index (χ2n) is 6.64. The molecule has 2 aromatic rings. The molecule has 0 aliphatic carbocycles. The molecule has 1 aromatic heterocycles. The van der Waals surface area contributed by atoms with Gasteiger partial charge < -0.3 is 25.2 Å². The van der Waals surface area contributed by atoms with Gasteiger partial charge in [0.05, 0.1) is 33.0 Å². The molecule has 0 spiro atoms. The number of nitrogens with one attached hydrogen (secondary N) is 2. The van der Waals surface area contributed by atoms with Crippen molar-refractivity contribution >= 4 is 5.96 Å². The molecule has 8 nitrogen and oxygen atoms in total. The Labute approximate surface area is 166 Å². The minimum Gasteiger partial charge on any atom is -0.493 e. The minimum absolute atomic E-state index is 0.303. The predicted octanol–water partition coefficient (Wildman–Crippen LogP) is 1.79. The fourth-order valence-corrected chi connectivity index (χ4v) is 2.65. The van der Waals surface area contributed by atoms with E-state index in [1.165, 1.54) is 0 Å². The monoisotopic (exact) mass is 389 g/mol. The summed E-state index contributed by atoms with van der Waals surface area (Å²) in [6, 6.07) is 5.77. The Morgan fingerprint density at radius 3 is 2.68 bits per heavy atom. The first kappa shape index (κ1) is 21.6. The van der Waals surface area contributed by atoms with Crippen molar-refractivity contribution in [3.8, 4) is 11.5 Å². The van der Waals surface area contributed by atoms with Crippen LogP contribution in [-0.4, -0.2) is 47.7 Å². The van der Waals surface area contributed by atoms with E-state index in [1.807, 2.05) is 39.1 Å². The summed E-state index contributed by atoms with van der Waals surface area (Å²) in [6.07, 6.45) is 3.47. The molecule has 1 atom stereocenters. The molecule has 2 rings (SSSR count). The van der Waals surface area contributed by atoms with E-state index in [0.717, 1.165) is 16.9 Å². The second kappa shape index (κ2) is 9.98. The molecule has 0 radical (unpaired) electrons. The van der Waals surface area contributed by atoms with Crippen LogP contribution in [0.15, 0.2) is 35.6 Å². The summed E-state index contributed by atoms with van der Waals surface area (Å²) >= 11 is 0. The summed E-state index contributed by atoms with van der Waals surface area (Å²) < 4.78 is 12.6. The van der Waals surface area contributed by atoms with Gasteiger partial charge in [0.2, 0.25) is 0 Å². The van der Waals surface area contributed by atoms with Crippen molar-refractivity contribution in [1.82, 2.24) is 20.4 Å². The summed E-state index contributed by atoms with van der Waals surface area (Å²) in [5.74, 6) is 2.03. The number of hydrogen-bond donors (Lipinski definition) is 3. The molecule has 154 valence electrons. The molecule has 1 heterocycles. The lowest BCUT2D eigenvalue weighted by molar-refractivity contribution is 0.0616. The van der Waals surface area contributed by atoms with E-state index in [9.17, 15) is 5.11 Å². The number of methoxy groups -OCH3 is 1. The Morgan fingerprint density at radius 1 is 1.29 bits per heavy atom. The van der Waals surface area contributed by atoms with Crippen LogP contribution in [0.1, 0.15) is 31.9 Å². The largest absolute Gasteiger partial charge is 0.493 e. The number of aryl methyl sites for hydroxylation is 1. The van der Waals surface area contributed by atoms with E-state index in [4.69, 9.17) is 9.47 Å². The SMILES string of the molecule is CCNC(=NCc1ccc(OCC)c(OC)c1)NCC(C)(O)c1cnn(C)c1. The number of ether oxygens (including phenoxy) is 2. The number of aliphatic imine (C=N–C) groups is 1. The number of aromatic nitrogens is 2. The van der Waals surface area contributed by atoms with Gasteiger partial charge in [-0.05, 0) is 38.5 Å². The number of aliphatic hydroxyl groups is 1. The Bertz CT molecular complexity index is 786. The molecule has 0 fully saturated rings. The van der Waals surface area contributed by atoms with Crippen molar-refractivity contribution in [2.45, 2.75) is 32.9 Å². The van der Waals surface area contributed by atoms with E-state index in [0.29, 0.717) is 38.0 Å². The van der Waals surface area contributed by atoms with Crippen LogP contribution in [0.3, 0.4) is 0 Å². The molecule has 0 saturated carbocycles. The normalized spacial score (nSPS) is 13.7. The fourth-order valence-electron chi connectivity index (χ4n) is 2.65. The van der Waals surface area contributed by atoms with Crippen molar-refractivity contribution in [3.05, 3.63) is 41.7 Å². The molecular weight excluding hydrogens is 358 g/mol. The zero-order chi connectivity index (χ0) is 20.6. The van der Waals surface area contributed by atoms with E-state index >= 15 is 0 Å². The quantitative estimate of drug-likeness (QED) is 0.447. The lowest BCUT2D eigenvalue weighted by atomic mass is 10.00. The Balaban J connectivity index is 2.05. The highest BCUT2D eigenvalue weighted by molar-refractivity contribution is 5.79. The molecule has 8 heteroatoms. The number of rotatable bonds is 9. The maximum Gasteiger partial charge on any atom is 0.191 e. The van der Waals surface area contributed by atoms with Crippen LogP contribution in [0.25, 0.3) is 0 Å². The van der Waals surface area contributed by atoms with Crippen LogP contribution in [0.2, 0.25) is 0 Å². The van der Waals surface area contributed by atoms with E-state index < -0.39 is 5.60 Å². The molecule has 0 saturated heterocycles. The average molecular weight is 390 g/mol. The lowest BCUT2D eigenvalue weighted by Crippen LogP contribution is -2.44. The van der Waals surface area contributed by atoms with E-state index in [2.05, 4.69) is 20.7 Å². The third-order valence-corrected chi connectivity index (χ3v) is 4.22. The molecule has 0 aliphatic rings. The maximum atomic E-state index is 10.7. The number of guanidine groups is 1. The molecule has 1 aromatic carbocycles. The Morgan fingerprint density at radius 2 is 2.07 bits per heavy atom. The van der Waals surface area contributed by atoms with E-state index in [-0.39, 0.29) is 0 Å². The third-order valence-electron chi connectivity index (χ3n) is 4.22. The van der Waals surface area contributed by atoms with Crippen LogP contribution in [0, 0.1) is 0 Å². The van der Waals surface area contributed by atoms with Crippen molar-refractivity contribution < 1.29 is 14.6 Å². The molecule has 0 amide bonds. The molecule has 3 N–H and O–H groups in total. The third kappa shape index (κ3) is 5.88. The van der Waals surface area contributed by atoms with Crippen LogP contribution in [-0.2, 0) is 19.2 Å². The standard InChI is InChI=1S/C20H31N5O3/c1-6-21-19(23-14-20(3,26)16-12-24-25(4)13-16)22-11-15-8-9-17(28-7-2)18(10-15)27-5/h8-10,12-13,26H,6-7,11,14H2,1-5H3,(H2,21,22,23). The summed E-state index contributed by atoms with van der Waals surface area (Å²) in [4.78, 5) is 4.60. The van der Waals surface area contributed by atoms with Crippen molar-refractivity contribution in [2.24, 2.45) is 12.0 Å². The summed E-state index contributed by atoms with van der Waals surface area (Å²) in [7, 11) is 3.45. The van der Waals surface area contributed by atoms with Crippen LogP contribution in [0.4, 0.5) is 0 Å². The van der Waals surface area contributed by atoms with Crippen molar-refractivity contribution in [2.75, 3.05) is 26.8 Å². The smallest absolute Gasteiger partial charge is 0.191 e. The first-order valence-electron chi connectivity index (χ1n) is 9.43. The number of hydrogen-bond acceptors (Lipinski definition) is 5. The van der Waals surface area contributed by atoms with Gasteiger partial charge in [0.15, 0.2) is 17.5 Å². The highest BCUT2D eigenvalue weighted by atomic mass is 16.5. The first-order chi connectivity index (χ1) is 13.4. The van der Waals surface area contributed by atoms with E-state index in [1.54, 1.807) is 31.1 Å². The van der Waals surface area contributed by atoms with Crippen LogP contribution in [0.5, 0.6) is 11.5 Å². The molecule has 0 bridgehead atoms. The fraction of sp³-hybridized carbons (Fsp3) is 0.500. The van der Waals surface area contributed by atoms with Crippen molar-refractivity contribution in [3.63, 3.8) is 0 Å². The zero-order valence-electron chi connectivity index (χ0n) is 17.3. The number of nitrogens with zero attached hydrogens (tertiary/aromatic N) is 3. The highest BCUT2D eigenvalue weighted by Crippen LogP contribution is 2.28. The summed E-state index contributed by atoms with van der Waals surface area (Å²) in [5.41, 5.74) is 0.679. The summed E-state index contributed by atoms with van der Waals surface area (Å²) in [6.45, 7) is 7.75. The summed E-state index contributed by atoms with van der Waals surface area (Å²) in [5, 5.41) is 21.2. The Hall–Kier alpha value is -2.74. The highest BCUT2D eigenvalue weighted by Gasteiger charge is 2.25. The van der Waals surface area contributed by atoms with Gasteiger partial charge >= 0.3 is 0 Å². The molecule has 1 unspecified atom stereocenters.